The molecule has 6 rings (SSSR count). The van der Waals surface area contributed by atoms with Gasteiger partial charge in [-0.2, -0.15) is 0 Å². The molecular weight excluding hydrogens is 673 g/mol. The summed E-state index contributed by atoms with van der Waals surface area (Å²) in [6.07, 6.45) is 14.5. The Bertz CT molecular complexity index is 1900. The predicted octanol–water partition coefficient (Wildman–Crippen LogP) is 14.5. The number of hydrogen-bond donors (Lipinski definition) is 0. The minimum Gasteiger partial charge on any atom is -0.434 e. The van der Waals surface area contributed by atoms with Crippen LogP contribution in [0.3, 0.4) is 0 Å². The van der Waals surface area contributed by atoms with Crippen LogP contribution in [0.2, 0.25) is 0 Å². The summed E-state index contributed by atoms with van der Waals surface area (Å²) in [5.74, 6) is 0.957. The molecule has 0 spiro atoms. The van der Waals surface area contributed by atoms with Crippen molar-refractivity contribution in [3.63, 3.8) is 0 Å². The van der Waals surface area contributed by atoms with E-state index in [4.69, 9.17) is 18.9 Å². The molecule has 0 aliphatic heterocycles. The normalized spacial score (nSPS) is 11.4. The molecule has 0 bridgehead atoms. The zero-order valence-electron chi connectivity index (χ0n) is 32.0. The van der Waals surface area contributed by atoms with Gasteiger partial charge in [0, 0.05) is 21.5 Å². The van der Waals surface area contributed by atoms with Gasteiger partial charge in [0.05, 0.1) is 13.2 Å². The van der Waals surface area contributed by atoms with Crippen LogP contribution in [-0.4, -0.2) is 25.5 Å². The van der Waals surface area contributed by atoms with E-state index < -0.39 is 12.3 Å². The first-order valence-electron chi connectivity index (χ1n) is 20.2. The molecule has 0 aromatic heterocycles. The number of hydrogen-bond acceptors (Lipinski definition) is 6. The summed E-state index contributed by atoms with van der Waals surface area (Å²) in [6.45, 7) is 5.10. The van der Waals surface area contributed by atoms with Crippen LogP contribution in [0.25, 0.3) is 54.2 Å². The van der Waals surface area contributed by atoms with Gasteiger partial charge in [0.15, 0.2) is 0 Å². The van der Waals surface area contributed by atoms with E-state index in [1.807, 2.05) is 72.8 Å². The molecule has 0 aliphatic rings. The highest BCUT2D eigenvalue weighted by molar-refractivity contribution is 6.26. The van der Waals surface area contributed by atoms with Gasteiger partial charge in [-0.15, -0.1) is 0 Å². The smallest absolute Gasteiger partial charge is 0.434 e. The zero-order chi connectivity index (χ0) is 37.5. The highest BCUT2D eigenvalue weighted by atomic mass is 16.7. The van der Waals surface area contributed by atoms with Crippen LogP contribution < -0.4 is 9.47 Å². The highest BCUT2D eigenvalue weighted by Gasteiger charge is 2.24. The van der Waals surface area contributed by atoms with Crippen LogP contribution in [0.5, 0.6) is 11.5 Å². The first-order chi connectivity index (χ1) is 26.6. The molecule has 6 nitrogen and oxygen atoms in total. The number of carbonyl (C=O) groups excluding carboxylic acids is 2. The van der Waals surface area contributed by atoms with Crippen LogP contribution in [0, 0.1) is 0 Å². The van der Waals surface area contributed by atoms with Gasteiger partial charge in [-0.25, -0.2) is 9.59 Å². The van der Waals surface area contributed by atoms with Crippen molar-refractivity contribution >= 4 is 55.4 Å². The zero-order valence-corrected chi connectivity index (χ0v) is 32.0. The largest absolute Gasteiger partial charge is 0.513 e. The molecule has 0 heterocycles. The molecule has 282 valence electrons. The van der Waals surface area contributed by atoms with Gasteiger partial charge in [0.2, 0.25) is 0 Å². The van der Waals surface area contributed by atoms with Crippen molar-refractivity contribution in [1.82, 2.24) is 0 Å². The second-order valence-electron chi connectivity index (χ2n) is 14.2. The van der Waals surface area contributed by atoms with E-state index in [1.165, 1.54) is 51.4 Å². The maximum Gasteiger partial charge on any atom is 0.513 e. The first-order valence-corrected chi connectivity index (χ1v) is 20.2. The van der Waals surface area contributed by atoms with Gasteiger partial charge in [-0.3, -0.25) is 0 Å². The van der Waals surface area contributed by atoms with Gasteiger partial charge in [0.1, 0.15) is 11.5 Å². The van der Waals surface area contributed by atoms with Crippen molar-refractivity contribution in [2.75, 3.05) is 13.2 Å². The van der Waals surface area contributed by atoms with E-state index in [1.54, 1.807) is 0 Å². The van der Waals surface area contributed by atoms with Crippen molar-refractivity contribution in [2.24, 2.45) is 0 Å². The number of rotatable bonds is 19. The fourth-order valence-electron chi connectivity index (χ4n) is 7.59. The number of ether oxygens (including phenoxy) is 4. The summed E-state index contributed by atoms with van der Waals surface area (Å²) in [4.78, 5) is 26.3. The third kappa shape index (κ3) is 9.33. The van der Waals surface area contributed by atoms with Crippen molar-refractivity contribution in [2.45, 2.75) is 104 Å². The Morgan fingerprint density at radius 1 is 0.370 bits per heavy atom. The molecule has 6 aromatic rings. The van der Waals surface area contributed by atoms with Crippen LogP contribution >= 0.6 is 0 Å². The number of benzene rings is 6. The van der Waals surface area contributed by atoms with E-state index in [0.29, 0.717) is 24.7 Å². The minimum atomic E-state index is -0.694. The number of unbranched alkanes of at least 4 members (excludes halogenated alkanes) is 12. The summed E-state index contributed by atoms with van der Waals surface area (Å²) < 4.78 is 23.3. The molecule has 0 saturated heterocycles. The Balaban J connectivity index is 1.33. The van der Waals surface area contributed by atoms with Crippen molar-refractivity contribution in [1.29, 1.82) is 0 Å². The van der Waals surface area contributed by atoms with Gasteiger partial charge in [-0.1, -0.05) is 188 Å². The lowest BCUT2D eigenvalue weighted by Crippen LogP contribution is -2.12. The fourth-order valence-corrected chi connectivity index (χ4v) is 7.59. The van der Waals surface area contributed by atoms with E-state index in [9.17, 15) is 9.59 Å². The van der Waals surface area contributed by atoms with Crippen molar-refractivity contribution < 1.29 is 28.5 Å². The van der Waals surface area contributed by atoms with E-state index in [-0.39, 0.29) is 0 Å². The number of carbonyl (C=O) groups is 2. The molecule has 0 unspecified atom stereocenters. The fraction of sp³-hybridized carbons (Fsp3) is 0.375. The second kappa shape index (κ2) is 19.8. The monoisotopic (exact) mass is 726 g/mol. The maximum absolute atomic E-state index is 13.2. The van der Waals surface area contributed by atoms with E-state index >= 15 is 0 Å². The van der Waals surface area contributed by atoms with Crippen molar-refractivity contribution in [3.05, 3.63) is 97.1 Å². The van der Waals surface area contributed by atoms with E-state index in [0.717, 1.165) is 92.7 Å². The standard InChI is InChI=1S/C48H54O6/c1-3-5-7-9-11-13-23-33-51-47(49)53-45-39-29-19-15-25-35(39)43(36-26-16-20-30-40(36)45)44-37-27-17-21-31-41(37)46(42-32-22-18-28-38(42)44)54-48(50)52-34-24-14-12-10-8-6-4-2/h15-22,25-32H,3-14,23-24,33-34H2,1-2H3. The Morgan fingerprint density at radius 2 is 0.630 bits per heavy atom. The molecule has 0 saturated carbocycles. The number of fused-ring (bicyclic) bond motifs is 4. The Labute approximate surface area is 319 Å². The summed E-state index contributed by atoms with van der Waals surface area (Å²) in [5, 5.41) is 6.97. The molecule has 0 N–H and O–H groups in total. The quantitative estimate of drug-likeness (QED) is 0.0358. The maximum atomic E-state index is 13.2. The minimum absolute atomic E-state index is 0.333. The second-order valence-corrected chi connectivity index (χ2v) is 14.2. The van der Waals surface area contributed by atoms with Gasteiger partial charge < -0.3 is 18.9 Å². The summed E-state index contributed by atoms with van der Waals surface area (Å²) in [5.41, 5.74) is 2.01. The summed E-state index contributed by atoms with van der Waals surface area (Å²) in [6, 6.07) is 32.1. The van der Waals surface area contributed by atoms with Crippen LogP contribution in [0.4, 0.5) is 9.59 Å². The Morgan fingerprint density at radius 3 is 0.926 bits per heavy atom. The van der Waals surface area contributed by atoms with Crippen LogP contribution in [-0.2, 0) is 9.47 Å². The molecule has 0 atom stereocenters. The molecule has 6 aromatic carbocycles. The molecule has 0 aliphatic carbocycles. The molecular formula is C48H54O6. The lowest BCUT2D eigenvalue weighted by molar-refractivity contribution is 0.0972. The Kier molecular flexibility index (Phi) is 14.2. The highest BCUT2D eigenvalue weighted by Crippen LogP contribution is 2.49. The van der Waals surface area contributed by atoms with Gasteiger partial charge in [0.25, 0.3) is 0 Å². The van der Waals surface area contributed by atoms with E-state index in [2.05, 4.69) is 38.1 Å². The van der Waals surface area contributed by atoms with Crippen molar-refractivity contribution in [3.8, 4) is 22.6 Å². The predicted molar refractivity (Wildman–Crippen MR) is 222 cm³/mol. The third-order valence-corrected chi connectivity index (χ3v) is 10.3. The lowest BCUT2D eigenvalue weighted by atomic mass is 9.85. The Hall–Kier alpha value is -5.10. The van der Waals surface area contributed by atoms with Gasteiger partial charge >= 0.3 is 12.3 Å². The van der Waals surface area contributed by atoms with Crippen LogP contribution in [0.1, 0.15) is 104 Å². The summed E-state index contributed by atoms with van der Waals surface area (Å²) >= 11 is 0. The molecule has 0 amide bonds. The summed E-state index contributed by atoms with van der Waals surface area (Å²) in [7, 11) is 0. The topological polar surface area (TPSA) is 71.1 Å². The average molecular weight is 727 g/mol. The molecule has 0 radical (unpaired) electrons. The molecule has 54 heavy (non-hydrogen) atoms. The molecule has 6 heteroatoms. The SMILES string of the molecule is CCCCCCCCCOC(=O)Oc1c2ccccc2c(-c2c3ccccc3c(OC(=O)OCCCCCCCCC)c3ccccc23)c2ccccc12. The van der Waals surface area contributed by atoms with Crippen LogP contribution in [0.15, 0.2) is 97.1 Å². The average Bonchev–Trinajstić information content (AvgIpc) is 3.20. The molecule has 0 fully saturated rings. The van der Waals surface area contributed by atoms with Gasteiger partial charge in [-0.05, 0) is 45.5 Å². The third-order valence-electron chi connectivity index (χ3n) is 10.3. The lowest BCUT2D eigenvalue weighted by Gasteiger charge is -2.21. The first kappa shape index (κ1) is 38.6.